The van der Waals surface area contributed by atoms with E-state index in [1.165, 1.54) is 0 Å². The van der Waals surface area contributed by atoms with Crippen LogP contribution in [0.4, 0.5) is 0 Å². The van der Waals surface area contributed by atoms with E-state index in [9.17, 15) is 5.11 Å². The molecule has 0 radical (unpaired) electrons. The van der Waals surface area contributed by atoms with Crippen LogP contribution in [0.25, 0.3) is 0 Å². The van der Waals surface area contributed by atoms with Crippen molar-refractivity contribution in [2.75, 3.05) is 13.2 Å². The van der Waals surface area contributed by atoms with E-state index in [1.807, 2.05) is 0 Å². The lowest BCUT2D eigenvalue weighted by Crippen LogP contribution is -2.25. The van der Waals surface area contributed by atoms with Gasteiger partial charge in [-0.05, 0) is 5.57 Å². The van der Waals surface area contributed by atoms with Gasteiger partial charge in [0.05, 0.1) is 13.2 Å². The largest absolute Gasteiger partial charge is 0.394 e. The lowest BCUT2D eigenvalue weighted by Gasteiger charge is -2.08. The van der Waals surface area contributed by atoms with Crippen LogP contribution in [0.3, 0.4) is 0 Å². The van der Waals surface area contributed by atoms with Crippen molar-refractivity contribution in [3.8, 4) is 0 Å². The molecular formula is C6H11O3P. The Balaban J connectivity index is 2.58. The molecule has 3 nitrogen and oxygen atoms in total. The van der Waals surface area contributed by atoms with Gasteiger partial charge in [0.15, 0.2) is 0 Å². The first kappa shape index (κ1) is 8.15. The van der Waals surface area contributed by atoms with E-state index in [4.69, 9.17) is 9.84 Å². The van der Waals surface area contributed by atoms with Gasteiger partial charge in [0, 0.05) is 0 Å². The molecule has 10 heavy (non-hydrogen) atoms. The smallest absolute Gasteiger partial charge is 0.111 e. The molecule has 1 rings (SSSR count). The normalized spacial score (nSPS) is 37.3. The molecule has 1 fully saturated rings. The summed E-state index contributed by atoms with van der Waals surface area (Å²) in [6, 6.07) is 0. The quantitative estimate of drug-likeness (QED) is 0.511. The number of aliphatic hydroxyl groups is 2. The predicted molar refractivity (Wildman–Crippen MR) is 40.6 cm³/mol. The van der Waals surface area contributed by atoms with Crippen LogP contribution < -0.4 is 0 Å². The first-order chi connectivity index (χ1) is 4.79. The van der Waals surface area contributed by atoms with E-state index < -0.39 is 12.2 Å². The Kier molecular flexibility index (Phi) is 2.81. The molecule has 0 saturated carbocycles. The summed E-state index contributed by atoms with van der Waals surface area (Å²) in [4.78, 5) is 0. The minimum absolute atomic E-state index is 0.122. The van der Waals surface area contributed by atoms with Crippen LogP contribution in [0, 0.1) is 0 Å². The van der Waals surface area contributed by atoms with Crippen molar-refractivity contribution in [1.29, 1.82) is 0 Å². The fourth-order valence-corrected chi connectivity index (χ4v) is 1.21. The monoisotopic (exact) mass is 162 g/mol. The SMILES string of the molecule is OC[C@@H]1OC/C(=C\P)C1O. The van der Waals surface area contributed by atoms with Crippen LogP contribution in [0.2, 0.25) is 0 Å². The van der Waals surface area contributed by atoms with Gasteiger partial charge in [-0.25, -0.2) is 0 Å². The Morgan fingerprint density at radius 1 is 1.80 bits per heavy atom. The van der Waals surface area contributed by atoms with E-state index in [2.05, 4.69) is 9.24 Å². The summed E-state index contributed by atoms with van der Waals surface area (Å²) in [5, 5.41) is 17.9. The van der Waals surface area contributed by atoms with Crippen molar-refractivity contribution in [2.24, 2.45) is 0 Å². The second-order valence-electron chi connectivity index (χ2n) is 2.22. The topological polar surface area (TPSA) is 49.7 Å². The fraction of sp³-hybridized carbons (Fsp3) is 0.667. The molecule has 58 valence electrons. The molecule has 4 heteroatoms. The highest BCUT2D eigenvalue weighted by Gasteiger charge is 2.29. The van der Waals surface area contributed by atoms with Gasteiger partial charge >= 0.3 is 0 Å². The molecule has 0 aromatic heterocycles. The molecule has 1 saturated heterocycles. The maximum atomic E-state index is 9.28. The van der Waals surface area contributed by atoms with Gasteiger partial charge in [0.1, 0.15) is 12.2 Å². The number of hydrogen-bond acceptors (Lipinski definition) is 3. The van der Waals surface area contributed by atoms with Crippen molar-refractivity contribution in [3.63, 3.8) is 0 Å². The highest BCUT2D eigenvalue weighted by Crippen LogP contribution is 2.19. The van der Waals surface area contributed by atoms with E-state index in [0.717, 1.165) is 5.57 Å². The van der Waals surface area contributed by atoms with Crippen molar-refractivity contribution in [1.82, 2.24) is 0 Å². The second-order valence-corrected chi connectivity index (χ2v) is 2.55. The van der Waals surface area contributed by atoms with Gasteiger partial charge in [-0.2, -0.15) is 0 Å². The van der Waals surface area contributed by atoms with Crippen LogP contribution in [-0.4, -0.2) is 35.6 Å². The zero-order chi connectivity index (χ0) is 7.56. The zero-order valence-electron chi connectivity index (χ0n) is 5.53. The van der Waals surface area contributed by atoms with E-state index in [1.54, 1.807) is 5.82 Å². The third-order valence-electron chi connectivity index (χ3n) is 1.59. The van der Waals surface area contributed by atoms with Crippen LogP contribution in [-0.2, 0) is 4.74 Å². The predicted octanol–water partition coefficient (Wildman–Crippen LogP) is -0.503. The lowest BCUT2D eigenvalue weighted by atomic mass is 10.1. The highest BCUT2D eigenvalue weighted by molar-refractivity contribution is 7.20. The molecular weight excluding hydrogens is 151 g/mol. The Bertz CT molecular complexity index is 146. The van der Waals surface area contributed by atoms with Gasteiger partial charge in [-0.3, -0.25) is 0 Å². The first-order valence-corrected chi connectivity index (χ1v) is 3.77. The molecule has 3 atom stereocenters. The van der Waals surface area contributed by atoms with Crippen molar-refractivity contribution >= 4 is 9.24 Å². The summed E-state index contributed by atoms with van der Waals surface area (Å²) >= 11 is 0. The summed E-state index contributed by atoms with van der Waals surface area (Å²) < 4.78 is 5.04. The maximum Gasteiger partial charge on any atom is 0.111 e. The third kappa shape index (κ3) is 1.38. The number of aliphatic hydroxyl groups excluding tert-OH is 2. The van der Waals surface area contributed by atoms with Gasteiger partial charge in [0.25, 0.3) is 0 Å². The maximum absolute atomic E-state index is 9.28. The average Bonchev–Trinajstić information content (AvgIpc) is 2.30. The summed E-state index contributed by atoms with van der Waals surface area (Å²) in [7, 11) is 2.40. The molecule has 1 heterocycles. The van der Waals surface area contributed by atoms with Crippen LogP contribution in [0.1, 0.15) is 0 Å². The standard InChI is InChI=1S/C6H11O3P/c7-1-5-6(8)4(3-10)2-9-5/h3,5-8H,1-2,10H2/b4-3+/t5-,6?/m0/s1. The van der Waals surface area contributed by atoms with E-state index in [-0.39, 0.29) is 6.61 Å². The minimum atomic E-state index is -0.623. The Morgan fingerprint density at radius 2 is 2.50 bits per heavy atom. The molecule has 1 aliphatic heterocycles. The molecule has 1 aliphatic rings. The molecule has 0 aliphatic carbocycles. The molecule has 2 unspecified atom stereocenters. The van der Waals surface area contributed by atoms with Crippen LogP contribution in [0.5, 0.6) is 0 Å². The van der Waals surface area contributed by atoms with Gasteiger partial charge in [-0.15, -0.1) is 9.24 Å². The van der Waals surface area contributed by atoms with Crippen LogP contribution in [0.15, 0.2) is 11.4 Å². The van der Waals surface area contributed by atoms with Gasteiger partial charge in [-0.1, -0.05) is 5.82 Å². The second kappa shape index (κ2) is 3.44. The van der Waals surface area contributed by atoms with Crippen molar-refractivity contribution in [3.05, 3.63) is 11.4 Å². The highest BCUT2D eigenvalue weighted by atomic mass is 31.0. The summed E-state index contributed by atoms with van der Waals surface area (Å²) in [5.74, 6) is 1.74. The number of hydrogen-bond donors (Lipinski definition) is 2. The zero-order valence-corrected chi connectivity index (χ0v) is 6.68. The van der Waals surface area contributed by atoms with Crippen molar-refractivity contribution < 1.29 is 14.9 Å². The number of rotatable bonds is 1. The van der Waals surface area contributed by atoms with Gasteiger partial charge < -0.3 is 14.9 Å². The van der Waals surface area contributed by atoms with E-state index in [0.29, 0.717) is 6.61 Å². The molecule has 0 bridgehead atoms. The summed E-state index contributed by atoms with van der Waals surface area (Å²) in [6.07, 6.45) is -1.05. The Labute approximate surface area is 61.9 Å². The molecule has 2 N–H and O–H groups in total. The third-order valence-corrected chi connectivity index (χ3v) is 2.02. The Hall–Kier alpha value is 0.0500. The van der Waals surface area contributed by atoms with Gasteiger partial charge in [0.2, 0.25) is 0 Å². The average molecular weight is 162 g/mol. The number of ether oxygens (including phenoxy) is 1. The van der Waals surface area contributed by atoms with E-state index >= 15 is 0 Å². The molecule has 0 spiro atoms. The first-order valence-electron chi connectivity index (χ1n) is 3.10. The lowest BCUT2D eigenvalue weighted by molar-refractivity contribution is 0.00545. The summed E-state index contributed by atoms with van der Waals surface area (Å²) in [5.41, 5.74) is 0.823. The Morgan fingerprint density at radius 3 is 2.80 bits per heavy atom. The van der Waals surface area contributed by atoms with Crippen LogP contribution >= 0.6 is 9.24 Å². The molecule has 0 amide bonds. The molecule has 0 aromatic rings. The minimum Gasteiger partial charge on any atom is -0.394 e. The fourth-order valence-electron chi connectivity index (χ4n) is 0.918. The van der Waals surface area contributed by atoms with Crippen molar-refractivity contribution in [2.45, 2.75) is 12.2 Å². The molecule has 0 aromatic carbocycles. The summed E-state index contributed by atoms with van der Waals surface area (Å²) in [6.45, 7) is 0.305.